The zero-order valence-corrected chi connectivity index (χ0v) is 21.6. The zero-order valence-electron chi connectivity index (χ0n) is 18.3. The summed E-state index contributed by atoms with van der Waals surface area (Å²) in [6.07, 6.45) is 2.12. The minimum atomic E-state index is -0.231. The van der Waals surface area contributed by atoms with Gasteiger partial charge in [0.25, 0.3) is 0 Å². The Morgan fingerprint density at radius 1 is 1.18 bits per heavy atom. The molecule has 2 aromatic carbocycles. The molecule has 0 saturated carbocycles. The second kappa shape index (κ2) is 12.3. The van der Waals surface area contributed by atoms with E-state index in [4.69, 9.17) is 9.72 Å². The quantitative estimate of drug-likeness (QED) is 0.234. The standard InChI is InChI=1S/C24H27BrFN3O2S2/c25-18-4-9-21-22(17-18)33-24(27-21)29(11-2-10-28-12-14-31-15-13-28)23(30)3-1-16-32-20-7-5-19(26)6-8-20/h4-9,17H,1-3,10-16H2. The molecule has 1 saturated heterocycles. The van der Waals surface area contributed by atoms with Gasteiger partial charge in [-0.05, 0) is 61.1 Å². The first-order valence-electron chi connectivity index (χ1n) is 11.1. The molecule has 0 spiro atoms. The second-order valence-electron chi connectivity index (χ2n) is 7.87. The normalized spacial score (nSPS) is 14.6. The molecule has 0 bridgehead atoms. The number of thiazole rings is 1. The van der Waals surface area contributed by atoms with Crippen molar-refractivity contribution in [3.05, 3.63) is 52.8 Å². The maximum Gasteiger partial charge on any atom is 0.228 e. The van der Waals surface area contributed by atoms with E-state index < -0.39 is 0 Å². The molecule has 33 heavy (non-hydrogen) atoms. The van der Waals surface area contributed by atoms with Crippen molar-refractivity contribution in [2.45, 2.75) is 24.2 Å². The molecule has 9 heteroatoms. The third-order valence-corrected chi connectivity index (χ3v) is 8.08. The average molecular weight is 553 g/mol. The Balaban J connectivity index is 1.36. The number of carbonyl (C=O) groups is 1. The highest BCUT2D eigenvalue weighted by Gasteiger charge is 2.20. The number of carbonyl (C=O) groups excluding carboxylic acids is 1. The van der Waals surface area contributed by atoms with Crippen LogP contribution in [0.2, 0.25) is 0 Å². The summed E-state index contributed by atoms with van der Waals surface area (Å²) in [7, 11) is 0. The summed E-state index contributed by atoms with van der Waals surface area (Å²) in [5.41, 5.74) is 0.913. The smallest absolute Gasteiger partial charge is 0.228 e. The number of hydrogen-bond donors (Lipinski definition) is 0. The maximum absolute atomic E-state index is 13.2. The molecule has 0 N–H and O–H groups in total. The summed E-state index contributed by atoms with van der Waals surface area (Å²) in [5, 5.41) is 0.765. The van der Waals surface area contributed by atoms with E-state index in [-0.39, 0.29) is 11.7 Å². The molecule has 4 rings (SSSR count). The molecule has 5 nitrogen and oxygen atoms in total. The topological polar surface area (TPSA) is 45.7 Å². The Morgan fingerprint density at radius 2 is 1.97 bits per heavy atom. The molecular weight excluding hydrogens is 525 g/mol. The highest BCUT2D eigenvalue weighted by molar-refractivity contribution is 9.10. The minimum absolute atomic E-state index is 0.106. The van der Waals surface area contributed by atoms with Crippen LogP contribution in [0.15, 0.2) is 51.8 Å². The number of anilines is 1. The molecule has 0 radical (unpaired) electrons. The third-order valence-electron chi connectivity index (χ3n) is 5.45. The van der Waals surface area contributed by atoms with Crippen molar-refractivity contribution in [1.29, 1.82) is 0 Å². The number of nitrogens with zero attached hydrogens (tertiary/aromatic N) is 3. The fourth-order valence-electron chi connectivity index (χ4n) is 3.69. The lowest BCUT2D eigenvalue weighted by atomic mass is 10.2. The highest BCUT2D eigenvalue weighted by Crippen LogP contribution is 2.31. The van der Waals surface area contributed by atoms with Gasteiger partial charge in [-0.25, -0.2) is 9.37 Å². The van der Waals surface area contributed by atoms with Crippen molar-refractivity contribution in [3.63, 3.8) is 0 Å². The number of ether oxygens (including phenoxy) is 1. The molecule has 0 unspecified atom stereocenters. The summed E-state index contributed by atoms with van der Waals surface area (Å²) in [5.74, 6) is 0.686. The molecule has 1 aromatic heterocycles. The lowest BCUT2D eigenvalue weighted by molar-refractivity contribution is -0.118. The first kappa shape index (κ1) is 24.6. The van der Waals surface area contributed by atoms with E-state index in [2.05, 4.69) is 20.8 Å². The number of aromatic nitrogens is 1. The SMILES string of the molecule is O=C(CCCSc1ccc(F)cc1)N(CCCN1CCOCC1)c1nc2ccc(Br)cc2s1. The fraction of sp³-hybridized carbons (Fsp3) is 0.417. The predicted octanol–water partition coefficient (Wildman–Crippen LogP) is 5.83. The van der Waals surface area contributed by atoms with Gasteiger partial charge in [-0.15, -0.1) is 11.8 Å². The van der Waals surface area contributed by atoms with E-state index in [1.807, 2.05) is 23.1 Å². The third kappa shape index (κ3) is 7.23. The molecule has 1 aliphatic rings. The number of thioether (sulfide) groups is 1. The molecule has 3 aromatic rings. The summed E-state index contributed by atoms with van der Waals surface area (Å²) in [6.45, 7) is 5.06. The van der Waals surface area contributed by atoms with Crippen molar-refractivity contribution >= 4 is 60.3 Å². The van der Waals surface area contributed by atoms with Crippen LogP contribution in [-0.4, -0.2) is 60.9 Å². The van der Waals surface area contributed by atoms with Crippen molar-refractivity contribution in [2.24, 2.45) is 0 Å². The molecule has 1 fully saturated rings. The van der Waals surface area contributed by atoms with Gasteiger partial charge in [-0.3, -0.25) is 14.6 Å². The Bertz CT molecular complexity index is 1060. The Labute approximate surface area is 210 Å². The van der Waals surface area contributed by atoms with E-state index in [0.717, 1.165) is 76.2 Å². The van der Waals surface area contributed by atoms with Gasteiger partial charge < -0.3 is 4.74 Å². The van der Waals surface area contributed by atoms with Crippen LogP contribution in [0.1, 0.15) is 19.3 Å². The van der Waals surface area contributed by atoms with E-state index >= 15 is 0 Å². The van der Waals surface area contributed by atoms with Gasteiger partial charge in [-0.1, -0.05) is 27.3 Å². The van der Waals surface area contributed by atoms with Crippen LogP contribution in [0.3, 0.4) is 0 Å². The van der Waals surface area contributed by atoms with Gasteiger partial charge in [0.05, 0.1) is 23.4 Å². The highest BCUT2D eigenvalue weighted by atomic mass is 79.9. The lowest BCUT2D eigenvalue weighted by Gasteiger charge is -2.27. The van der Waals surface area contributed by atoms with Crippen molar-refractivity contribution < 1.29 is 13.9 Å². The number of fused-ring (bicyclic) bond motifs is 1. The summed E-state index contributed by atoms with van der Waals surface area (Å²) in [4.78, 5) is 23.2. The number of halogens is 2. The van der Waals surface area contributed by atoms with Crippen molar-refractivity contribution in [1.82, 2.24) is 9.88 Å². The molecular formula is C24H27BrFN3O2S2. The van der Waals surface area contributed by atoms with Gasteiger partial charge in [0, 0.05) is 42.0 Å². The Kier molecular flexibility index (Phi) is 9.14. The minimum Gasteiger partial charge on any atom is -0.379 e. The van der Waals surface area contributed by atoms with E-state index in [9.17, 15) is 9.18 Å². The molecule has 0 atom stereocenters. The lowest BCUT2D eigenvalue weighted by Crippen LogP contribution is -2.39. The first-order valence-corrected chi connectivity index (χ1v) is 13.7. The molecule has 2 heterocycles. The van der Waals surface area contributed by atoms with E-state index in [1.165, 1.54) is 12.1 Å². The number of rotatable bonds is 10. The van der Waals surface area contributed by atoms with Gasteiger partial charge >= 0.3 is 0 Å². The van der Waals surface area contributed by atoms with Crippen LogP contribution in [0, 0.1) is 5.82 Å². The van der Waals surface area contributed by atoms with Crippen LogP contribution in [0.25, 0.3) is 10.2 Å². The van der Waals surface area contributed by atoms with Gasteiger partial charge in [0.15, 0.2) is 5.13 Å². The van der Waals surface area contributed by atoms with Crippen molar-refractivity contribution in [3.8, 4) is 0 Å². The zero-order chi connectivity index (χ0) is 23.0. The van der Waals surface area contributed by atoms with Gasteiger partial charge in [-0.2, -0.15) is 0 Å². The Morgan fingerprint density at radius 3 is 2.76 bits per heavy atom. The number of benzene rings is 2. The van der Waals surface area contributed by atoms with Crippen LogP contribution in [0.5, 0.6) is 0 Å². The van der Waals surface area contributed by atoms with Crippen LogP contribution >= 0.6 is 39.0 Å². The molecule has 1 aliphatic heterocycles. The van der Waals surface area contributed by atoms with Crippen LogP contribution in [-0.2, 0) is 9.53 Å². The average Bonchev–Trinajstić information content (AvgIpc) is 3.24. The van der Waals surface area contributed by atoms with E-state index in [1.54, 1.807) is 35.2 Å². The van der Waals surface area contributed by atoms with Gasteiger partial charge in [0.1, 0.15) is 5.82 Å². The number of morpholine rings is 1. The largest absolute Gasteiger partial charge is 0.379 e. The van der Waals surface area contributed by atoms with Gasteiger partial charge in [0.2, 0.25) is 5.91 Å². The molecule has 176 valence electrons. The summed E-state index contributed by atoms with van der Waals surface area (Å²) >= 11 is 6.73. The fourth-order valence-corrected chi connectivity index (χ4v) is 6.10. The predicted molar refractivity (Wildman–Crippen MR) is 138 cm³/mol. The summed E-state index contributed by atoms with van der Waals surface area (Å²) in [6, 6.07) is 12.5. The molecule has 1 amide bonds. The number of amides is 1. The van der Waals surface area contributed by atoms with Crippen LogP contribution in [0.4, 0.5) is 9.52 Å². The van der Waals surface area contributed by atoms with E-state index in [0.29, 0.717) is 13.0 Å². The Hall–Kier alpha value is -1.52. The first-order chi connectivity index (χ1) is 16.1. The van der Waals surface area contributed by atoms with Crippen LogP contribution < -0.4 is 4.90 Å². The molecule has 0 aliphatic carbocycles. The maximum atomic E-state index is 13.2. The second-order valence-corrected chi connectivity index (χ2v) is 11.0. The number of hydrogen-bond acceptors (Lipinski definition) is 6. The van der Waals surface area contributed by atoms with Crippen molar-refractivity contribution in [2.75, 3.05) is 50.0 Å². The monoisotopic (exact) mass is 551 g/mol. The summed E-state index contributed by atoms with van der Waals surface area (Å²) < 4.78 is 20.6.